The van der Waals surface area contributed by atoms with Crippen LogP contribution in [0.3, 0.4) is 0 Å². The first-order valence-corrected chi connectivity index (χ1v) is 5.31. The zero-order valence-electron chi connectivity index (χ0n) is 10.00. The molecular weight excluding hydrogens is 175 g/mol. The van der Waals surface area contributed by atoms with Gasteiger partial charge in [0, 0.05) is 0 Å². The van der Waals surface area contributed by atoms with Gasteiger partial charge in [-0.2, -0.15) is 6.42 Å². The number of aryl methyl sites for hydroxylation is 1. The minimum Gasteiger partial charge on any atom is -0.343 e. The van der Waals surface area contributed by atoms with Gasteiger partial charge < -0.3 is 6.92 Å². The predicted octanol–water partition coefficient (Wildman–Crippen LogP) is 1.18. The molecule has 0 saturated heterocycles. The first-order chi connectivity index (χ1) is 6.83. The van der Waals surface area contributed by atoms with Gasteiger partial charge in [0.1, 0.15) is 0 Å². The summed E-state index contributed by atoms with van der Waals surface area (Å²) < 4.78 is 0. The Kier molecular flexibility index (Phi) is 8.57. The van der Waals surface area contributed by atoms with Crippen LogP contribution in [-0.4, -0.2) is 0 Å². The average Bonchev–Trinajstić information content (AvgIpc) is 2.20. The fourth-order valence-corrected chi connectivity index (χ4v) is 1.51. The fourth-order valence-electron chi connectivity index (χ4n) is 1.51. The van der Waals surface area contributed by atoms with E-state index in [4.69, 9.17) is 0 Å². The predicted molar refractivity (Wildman–Crippen MR) is 63.1 cm³/mol. The first-order valence-electron chi connectivity index (χ1n) is 5.31. The van der Waals surface area contributed by atoms with Crippen LogP contribution in [0.2, 0.25) is 0 Å². The van der Waals surface area contributed by atoms with E-state index in [-0.39, 0.29) is 18.9 Å². The summed E-state index contributed by atoms with van der Waals surface area (Å²) in [6, 6.07) is 10.6. The third-order valence-corrected chi connectivity index (χ3v) is 2.34. The Hall–Kier alpha value is -0.443. The Morgan fingerprint density at radius 1 is 1.27 bits per heavy atom. The summed E-state index contributed by atoms with van der Waals surface area (Å²) in [6.07, 6.45) is 6.77. The molecule has 1 aromatic carbocycles. The maximum Gasteiger partial charge on any atom is 1.00 e. The minimum absolute atomic E-state index is 0. The Labute approximate surface area is 106 Å². The summed E-state index contributed by atoms with van der Waals surface area (Å²) >= 11 is 0. The van der Waals surface area contributed by atoms with Crippen LogP contribution in [0.25, 0.3) is 0 Å². The van der Waals surface area contributed by atoms with E-state index in [1.165, 1.54) is 11.1 Å². The largest absolute Gasteiger partial charge is 1.00 e. The topological polar surface area (TPSA) is 0 Å². The number of hydrogen-bond acceptors (Lipinski definition) is 0. The molecule has 1 aromatic rings. The van der Waals surface area contributed by atoms with Crippen molar-refractivity contribution in [2.75, 3.05) is 0 Å². The van der Waals surface area contributed by atoms with Gasteiger partial charge in [0.05, 0.1) is 0 Å². The number of benzene rings is 1. The zero-order valence-corrected chi connectivity index (χ0v) is 10.00. The van der Waals surface area contributed by atoms with E-state index in [1.807, 2.05) is 0 Å². The third-order valence-electron chi connectivity index (χ3n) is 2.34. The van der Waals surface area contributed by atoms with Crippen LogP contribution in [0.1, 0.15) is 31.7 Å². The van der Waals surface area contributed by atoms with Crippen molar-refractivity contribution in [3.8, 4) is 0 Å². The van der Waals surface area contributed by atoms with Gasteiger partial charge in [-0.1, -0.05) is 48.4 Å². The van der Waals surface area contributed by atoms with Crippen molar-refractivity contribution < 1.29 is 18.9 Å². The fraction of sp³-hybridized carbons (Fsp3) is 0.357. The molecule has 0 unspecified atom stereocenters. The molecule has 0 radical (unpaired) electrons. The van der Waals surface area contributed by atoms with Gasteiger partial charge in [0.25, 0.3) is 0 Å². The minimum atomic E-state index is 0. The van der Waals surface area contributed by atoms with E-state index < -0.39 is 0 Å². The number of hydrogen-bond donors (Lipinski definition) is 0. The summed E-state index contributed by atoms with van der Waals surface area (Å²) in [7, 11) is 0. The molecule has 0 saturated carbocycles. The van der Waals surface area contributed by atoms with Crippen molar-refractivity contribution in [1.29, 1.82) is 0 Å². The van der Waals surface area contributed by atoms with E-state index in [1.54, 1.807) is 0 Å². The van der Waals surface area contributed by atoms with Crippen LogP contribution in [0.5, 0.6) is 0 Å². The van der Waals surface area contributed by atoms with Crippen molar-refractivity contribution in [1.82, 2.24) is 0 Å². The van der Waals surface area contributed by atoms with Gasteiger partial charge in [-0.15, -0.1) is 0 Å². The molecule has 1 rings (SSSR count). The second kappa shape index (κ2) is 8.83. The van der Waals surface area contributed by atoms with Crippen molar-refractivity contribution >= 4 is 0 Å². The molecule has 0 aliphatic heterocycles. The van der Waals surface area contributed by atoms with E-state index in [9.17, 15) is 0 Å². The van der Waals surface area contributed by atoms with Gasteiger partial charge >= 0.3 is 18.9 Å². The molecule has 0 aliphatic rings. The molecule has 0 spiro atoms. The van der Waals surface area contributed by atoms with Crippen LogP contribution >= 0.6 is 0 Å². The number of rotatable bonds is 5. The Bertz CT molecular complexity index is 275. The summed E-state index contributed by atoms with van der Waals surface area (Å²) in [4.78, 5) is 0. The molecule has 0 fully saturated rings. The van der Waals surface area contributed by atoms with Crippen LogP contribution in [0.4, 0.5) is 0 Å². The molecule has 0 aliphatic carbocycles. The van der Waals surface area contributed by atoms with E-state index in [2.05, 4.69) is 50.3 Å². The SMILES string of the molecule is [CH2-]CC/C(C)=C/CCc1ccccc1.[Li+]. The standard InChI is InChI=1S/C14H19.Li/c1-3-8-13(2)9-7-12-14-10-5-4-6-11-14;/h4-6,9-11H,1,3,7-8,12H2,2H3;/q-1;+1/b13-9+;. The van der Waals surface area contributed by atoms with Crippen molar-refractivity contribution in [2.24, 2.45) is 0 Å². The van der Waals surface area contributed by atoms with Crippen LogP contribution < -0.4 is 18.9 Å². The second-order valence-electron chi connectivity index (χ2n) is 3.68. The molecule has 15 heavy (non-hydrogen) atoms. The Morgan fingerprint density at radius 2 is 1.93 bits per heavy atom. The molecule has 0 heterocycles. The Balaban J connectivity index is 0.00000196. The second-order valence-corrected chi connectivity index (χ2v) is 3.68. The summed E-state index contributed by atoms with van der Waals surface area (Å²) in [5.41, 5.74) is 2.89. The van der Waals surface area contributed by atoms with Gasteiger partial charge in [0.2, 0.25) is 0 Å². The maximum atomic E-state index is 3.85. The zero-order chi connectivity index (χ0) is 10.2. The van der Waals surface area contributed by atoms with E-state index in [0.29, 0.717) is 0 Å². The first kappa shape index (κ1) is 14.6. The van der Waals surface area contributed by atoms with Gasteiger partial charge in [0.15, 0.2) is 0 Å². The van der Waals surface area contributed by atoms with E-state index >= 15 is 0 Å². The molecule has 0 bridgehead atoms. The molecule has 0 aromatic heterocycles. The molecule has 1 heteroatoms. The maximum absolute atomic E-state index is 3.85. The van der Waals surface area contributed by atoms with E-state index in [0.717, 1.165) is 25.7 Å². The molecule has 0 amide bonds. The van der Waals surface area contributed by atoms with Crippen molar-refractivity contribution in [2.45, 2.75) is 32.6 Å². The smallest absolute Gasteiger partial charge is 0.343 e. The quantitative estimate of drug-likeness (QED) is 0.375. The summed E-state index contributed by atoms with van der Waals surface area (Å²) in [5, 5.41) is 0. The molecule has 0 nitrogen and oxygen atoms in total. The molecule has 0 N–H and O–H groups in total. The van der Waals surface area contributed by atoms with Gasteiger partial charge in [-0.25, -0.2) is 0 Å². The summed E-state index contributed by atoms with van der Waals surface area (Å²) in [5.74, 6) is 0. The molecular formula is C14H19Li. The normalized spacial score (nSPS) is 10.9. The molecule has 76 valence electrons. The van der Waals surface area contributed by atoms with Crippen LogP contribution in [0, 0.1) is 6.92 Å². The number of allylic oxidation sites excluding steroid dienone is 2. The van der Waals surface area contributed by atoms with Crippen LogP contribution in [0.15, 0.2) is 42.0 Å². The average molecular weight is 194 g/mol. The summed E-state index contributed by atoms with van der Waals surface area (Å²) in [6.45, 7) is 6.04. The third kappa shape index (κ3) is 6.61. The monoisotopic (exact) mass is 194 g/mol. The Morgan fingerprint density at radius 3 is 2.53 bits per heavy atom. The van der Waals surface area contributed by atoms with Crippen molar-refractivity contribution in [3.05, 3.63) is 54.5 Å². The van der Waals surface area contributed by atoms with Gasteiger partial charge in [-0.05, 0) is 25.3 Å². The molecule has 0 atom stereocenters. The van der Waals surface area contributed by atoms with Gasteiger partial charge in [-0.3, -0.25) is 0 Å². The van der Waals surface area contributed by atoms with Crippen molar-refractivity contribution in [3.63, 3.8) is 0 Å². The van der Waals surface area contributed by atoms with Crippen LogP contribution in [-0.2, 0) is 6.42 Å².